The first-order chi connectivity index (χ1) is 14.9. The third-order valence-corrected chi connectivity index (χ3v) is 5.12. The molecule has 2 aromatic carbocycles. The second-order valence-electron chi connectivity index (χ2n) is 7.17. The largest absolute Gasteiger partial charge is 0.349 e. The minimum absolute atomic E-state index is 0.121. The first-order valence-corrected chi connectivity index (χ1v) is 10.3. The van der Waals surface area contributed by atoms with Gasteiger partial charge in [0.05, 0.1) is 18.7 Å². The quantitative estimate of drug-likeness (QED) is 0.573. The van der Waals surface area contributed by atoms with E-state index in [-0.39, 0.29) is 37.1 Å². The summed E-state index contributed by atoms with van der Waals surface area (Å²) in [7, 11) is 0. The molecule has 0 aliphatic heterocycles. The topological polar surface area (TPSA) is 62.3 Å². The lowest BCUT2D eigenvalue weighted by molar-refractivity contribution is -0.140. The lowest BCUT2D eigenvalue weighted by atomic mass is 10.1. The molecule has 0 radical (unpaired) electrons. The number of nitrogens with zero attached hydrogens (tertiary/aromatic N) is 2. The smallest absolute Gasteiger partial charge is 0.242 e. The zero-order chi connectivity index (χ0) is 22.2. The van der Waals surface area contributed by atoms with Crippen molar-refractivity contribution in [3.63, 3.8) is 0 Å². The molecular weight excluding hydrogens is 417 g/mol. The highest BCUT2D eigenvalue weighted by Crippen LogP contribution is 2.15. The third-order valence-electron chi connectivity index (χ3n) is 4.87. The van der Waals surface area contributed by atoms with Gasteiger partial charge in [0.15, 0.2) is 0 Å². The van der Waals surface area contributed by atoms with Crippen LogP contribution in [0.25, 0.3) is 0 Å². The van der Waals surface area contributed by atoms with Crippen LogP contribution in [0.1, 0.15) is 23.7 Å². The van der Waals surface area contributed by atoms with Gasteiger partial charge >= 0.3 is 0 Å². The number of hydrogen-bond acceptors (Lipinski definition) is 3. The number of nitrogens with one attached hydrogen (secondary N) is 1. The van der Waals surface area contributed by atoms with Crippen molar-refractivity contribution in [2.75, 3.05) is 0 Å². The molecule has 0 aliphatic rings. The third kappa shape index (κ3) is 6.62. The molecule has 0 bridgehead atoms. The van der Waals surface area contributed by atoms with E-state index in [9.17, 15) is 14.0 Å². The summed E-state index contributed by atoms with van der Waals surface area (Å²) in [5, 5.41) is 3.41. The van der Waals surface area contributed by atoms with Crippen LogP contribution in [0.5, 0.6) is 0 Å². The average Bonchev–Trinajstić information content (AvgIpc) is 2.78. The van der Waals surface area contributed by atoms with E-state index in [1.165, 1.54) is 17.0 Å². The average molecular weight is 440 g/mol. The molecule has 0 aliphatic carbocycles. The van der Waals surface area contributed by atoms with Gasteiger partial charge < -0.3 is 10.2 Å². The summed E-state index contributed by atoms with van der Waals surface area (Å²) in [5.41, 5.74) is 2.25. The molecule has 0 fully saturated rings. The van der Waals surface area contributed by atoms with E-state index in [0.717, 1.165) is 16.8 Å². The molecule has 0 saturated carbocycles. The molecule has 5 nitrogen and oxygen atoms in total. The maximum absolute atomic E-state index is 13.3. The number of aromatic nitrogens is 1. The van der Waals surface area contributed by atoms with Crippen molar-refractivity contribution in [2.24, 2.45) is 0 Å². The van der Waals surface area contributed by atoms with E-state index >= 15 is 0 Å². The monoisotopic (exact) mass is 439 g/mol. The number of rotatable bonds is 8. The number of carbonyl (C=O) groups is 2. The van der Waals surface area contributed by atoms with Gasteiger partial charge in [-0.05, 0) is 54.4 Å². The van der Waals surface area contributed by atoms with Crippen molar-refractivity contribution in [1.82, 2.24) is 15.2 Å². The van der Waals surface area contributed by atoms with E-state index in [1.54, 1.807) is 55.6 Å². The Morgan fingerprint density at radius 3 is 2.35 bits per heavy atom. The minimum Gasteiger partial charge on any atom is -0.349 e. The normalized spacial score (nSPS) is 11.6. The van der Waals surface area contributed by atoms with Crippen LogP contribution in [0.3, 0.4) is 0 Å². The van der Waals surface area contributed by atoms with E-state index in [1.807, 2.05) is 12.1 Å². The Bertz CT molecular complexity index is 1010. The fourth-order valence-corrected chi connectivity index (χ4v) is 3.20. The van der Waals surface area contributed by atoms with E-state index < -0.39 is 6.04 Å². The molecule has 1 aromatic heterocycles. The highest BCUT2D eigenvalue weighted by molar-refractivity contribution is 6.30. The van der Waals surface area contributed by atoms with Crippen LogP contribution in [-0.4, -0.2) is 27.7 Å². The lowest BCUT2D eigenvalue weighted by Gasteiger charge is -2.29. The molecule has 3 aromatic rings. The Hall–Kier alpha value is -3.25. The SMILES string of the molecule is CC(C(=O)NCc1ccccn1)N(Cc1ccc(F)cc1)C(=O)Cc1ccc(Cl)cc1. The van der Waals surface area contributed by atoms with Crippen LogP contribution in [0.4, 0.5) is 4.39 Å². The number of hydrogen-bond donors (Lipinski definition) is 1. The molecular formula is C24H23ClFN3O2. The summed E-state index contributed by atoms with van der Waals surface area (Å²) < 4.78 is 13.3. The predicted molar refractivity (Wildman–Crippen MR) is 118 cm³/mol. The van der Waals surface area contributed by atoms with E-state index in [0.29, 0.717) is 5.02 Å². The van der Waals surface area contributed by atoms with Gasteiger partial charge in [-0.15, -0.1) is 0 Å². The van der Waals surface area contributed by atoms with Gasteiger partial charge in [0.1, 0.15) is 11.9 Å². The summed E-state index contributed by atoms with van der Waals surface area (Å²) >= 11 is 5.92. The highest BCUT2D eigenvalue weighted by Gasteiger charge is 2.26. The van der Waals surface area contributed by atoms with Gasteiger partial charge in [-0.25, -0.2) is 4.39 Å². The first-order valence-electron chi connectivity index (χ1n) is 9.88. The van der Waals surface area contributed by atoms with Gasteiger partial charge in [-0.3, -0.25) is 14.6 Å². The fraction of sp³-hybridized carbons (Fsp3) is 0.208. The molecule has 0 saturated heterocycles. The molecule has 1 atom stereocenters. The summed E-state index contributed by atoms with van der Waals surface area (Å²) in [6, 6.07) is 17.6. The van der Waals surface area contributed by atoms with Crippen LogP contribution in [-0.2, 0) is 29.1 Å². The molecule has 31 heavy (non-hydrogen) atoms. The van der Waals surface area contributed by atoms with Gasteiger partial charge in [0.25, 0.3) is 0 Å². The number of pyridine rings is 1. The van der Waals surface area contributed by atoms with Gasteiger partial charge in [0.2, 0.25) is 11.8 Å². The van der Waals surface area contributed by atoms with Crippen molar-refractivity contribution in [3.8, 4) is 0 Å². The summed E-state index contributed by atoms with van der Waals surface area (Å²) in [6.07, 6.45) is 1.78. The Labute approximate surface area is 185 Å². The lowest BCUT2D eigenvalue weighted by Crippen LogP contribution is -2.48. The highest BCUT2D eigenvalue weighted by atomic mass is 35.5. The summed E-state index contributed by atoms with van der Waals surface area (Å²) in [5.74, 6) is -0.867. The van der Waals surface area contributed by atoms with Crippen LogP contribution < -0.4 is 5.32 Å². The van der Waals surface area contributed by atoms with Gasteiger partial charge in [-0.1, -0.05) is 41.9 Å². The molecule has 2 amide bonds. The van der Waals surface area contributed by atoms with Crippen LogP contribution in [0.15, 0.2) is 72.9 Å². The Kier molecular flexibility index (Phi) is 7.73. The number of amides is 2. The standard InChI is InChI=1S/C24H23ClFN3O2/c1-17(24(31)28-15-22-4-2-3-13-27-22)29(16-19-7-11-21(26)12-8-19)23(30)14-18-5-9-20(25)10-6-18/h2-13,17H,14-16H2,1H3,(H,28,31). The second-order valence-corrected chi connectivity index (χ2v) is 7.60. The second kappa shape index (κ2) is 10.7. The maximum atomic E-state index is 13.3. The Balaban J connectivity index is 1.74. The first kappa shape index (κ1) is 22.4. The number of halogens is 2. The summed E-state index contributed by atoms with van der Waals surface area (Å²) in [4.78, 5) is 31.6. The molecule has 3 rings (SSSR count). The van der Waals surface area contributed by atoms with Gasteiger partial charge in [0, 0.05) is 17.8 Å². The fourth-order valence-electron chi connectivity index (χ4n) is 3.08. The molecule has 7 heteroatoms. The molecule has 0 spiro atoms. The zero-order valence-corrected chi connectivity index (χ0v) is 17.8. The Morgan fingerprint density at radius 1 is 1.03 bits per heavy atom. The molecule has 1 N–H and O–H groups in total. The van der Waals surface area contributed by atoms with E-state index in [2.05, 4.69) is 10.3 Å². The van der Waals surface area contributed by atoms with Crippen LogP contribution >= 0.6 is 11.6 Å². The van der Waals surface area contributed by atoms with Crippen molar-refractivity contribution >= 4 is 23.4 Å². The van der Waals surface area contributed by atoms with Crippen molar-refractivity contribution in [2.45, 2.75) is 32.5 Å². The predicted octanol–water partition coefficient (Wildman–Crippen LogP) is 4.15. The number of carbonyl (C=O) groups excluding carboxylic acids is 2. The van der Waals surface area contributed by atoms with Crippen molar-refractivity contribution in [1.29, 1.82) is 0 Å². The van der Waals surface area contributed by atoms with Gasteiger partial charge in [-0.2, -0.15) is 0 Å². The maximum Gasteiger partial charge on any atom is 0.242 e. The van der Waals surface area contributed by atoms with E-state index in [4.69, 9.17) is 11.6 Å². The van der Waals surface area contributed by atoms with Crippen LogP contribution in [0.2, 0.25) is 5.02 Å². The van der Waals surface area contributed by atoms with Crippen molar-refractivity contribution in [3.05, 3.63) is 101 Å². The summed E-state index contributed by atoms with van der Waals surface area (Å²) in [6.45, 7) is 2.13. The molecule has 1 heterocycles. The minimum atomic E-state index is -0.728. The van der Waals surface area contributed by atoms with Crippen molar-refractivity contribution < 1.29 is 14.0 Å². The van der Waals surface area contributed by atoms with Crippen LogP contribution in [0, 0.1) is 5.82 Å². The number of benzene rings is 2. The molecule has 1 unspecified atom stereocenters. The molecule has 160 valence electrons. The zero-order valence-electron chi connectivity index (χ0n) is 17.1. The Morgan fingerprint density at radius 2 is 1.71 bits per heavy atom.